The highest BCUT2D eigenvalue weighted by atomic mass is 16.5. The number of hydrogen-bond donors (Lipinski definition) is 2. The highest BCUT2D eigenvalue weighted by Gasteiger charge is 2.17. The third-order valence-electron chi connectivity index (χ3n) is 3.63. The summed E-state index contributed by atoms with van der Waals surface area (Å²) in [5.74, 6) is 1.36. The minimum absolute atomic E-state index is 0.185. The minimum Gasteiger partial charge on any atom is -0.497 e. The zero-order valence-electron chi connectivity index (χ0n) is 14.3. The molecule has 0 radical (unpaired) electrons. The van der Waals surface area contributed by atoms with Gasteiger partial charge in [-0.1, -0.05) is 17.7 Å². The Morgan fingerprint density at radius 3 is 2.58 bits per heavy atom. The van der Waals surface area contributed by atoms with Crippen LogP contribution in [0.15, 0.2) is 36.4 Å². The first-order valence-electron chi connectivity index (χ1n) is 7.54. The van der Waals surface area contributed by atoms with E-state index in [2.05, 4.69) is 5.32 Å². The van der Waals surface area contributed by atoms with E-state index < -0.39 is 6.03 Å². The Morgan fingerprint density at radius 1 is 1.21 bits per heavy atom. The van der Waals surface area contributed by atoms with Gasteiger partial charge in [0.1, 0.15) is 18.1 Å². The molecule has 6 heteroatoms. The molecule has 0 saturated carbocycles. The second kappa shape index (κ2) is 7.70. The number of ether oxygens (including phenoxy) is 2. The fourth-order valence-corrected chi connectivity index (χ4v) is 2.34. The van der Waals surface area contributed by atoms with Crippen LogP contribution in [0.25, 0.3) is 0 Å². The molecule has 24 heavy (non-hydrogen) atoms. The molecule has 2 aromatic carbocycles. The molecule has 0 aliphatic rings. The van der Waals surface area contributed by atoms with Gasteiger partial charge < -0.3 is 14.8 Å². The fraction of sp³-hybridized carbons (Fsp3) is 0.278. The number of nitrogens with one attached hydrogen (secondary N) is 1. The van der Waals surface area contributed by atoms with Crippen LogP contribution in [-0.2, 0) is 6.61 Å². The van der Waals surface area contributed by atoms with Crippen LogP contribution < -0.4 is 19.9 Å². The number of carbonyl (C=O) groups is 1. The van der Waals surface area contributed by atoms with Gasteiger partial charge in [-0.2, -0.15) is 5.06 Å². The normalized spacial score (nSPS) is 10.2. The summed E-state index contributed by atoms with van der Waals surface area (Å²) >= 11 is 0. The molecule has 0 unspecified atom stereocenters. The molecule has 2 rings (SSSR count). The van der Waals surface area contributed by atoms with Crippen molar-refractivity contribution in [3.63, 3.8) is 0 Å². The van der Waals surface area contributed by atoms with Crippen LogP contribution in [0.3, 0.4) is 0 Å². The fourth-order valence-electron chi connectivity index (χ4n) is 2.34. The zero-order valence-corrected chi connectivity index (χ0v) is 14.3. The molecule has 0 bridgehead atoms. The summed E-state index contributed by atoms with van der Waals surface area (Å²) in [5.41, 5.74) is 3.13. The number of nitrogens with zero attached hydrogens (tertiary/aromatic N) is 1. The quantitative estimate of drug-likeness (QED) is 0.651. The molecule has 0 aliphatic heterocycles. The molecule has 2 amide bonds. The maximum absolute atomic E-state index is 11.7. The van der Waals surface area contributed by atoms with Gasteiger partial charge in [-0.25, -0.2) is 4.79 Å². The Balaban J connectivity index is 2.28. The molecule has 2 aromatic rings. The number of aryl methyl sites for hydroxylation is 2. The lowest BCUT2D eigenvalue weighted by Gasteiger charge is -2.19. The van der Waals surface area contributed by atoms with Crippen LogP contribution in [-0.4, -0.2) is 25.4 Å². The number of hydroxylamine groups is 1. The van der Waals surface area contributed by atoms with E-state index in [4.69, 9.17) is 9.47 Å². The molecule has 0 aromatic heterocycles. The van der Waals surface area contributed by atoms with Crippen LogP contribution in [0.5, 0.6) is 11.5 Å². The topological polar surface area (TPSA) is 71.0 Å². The number of hydrogen-bond acceptors (Lipinski definition) is 4. The number of carbonyl (C=O) groups excluding carboxylic acids is 1. The Labute approximate surface area is 141 Å². The van der Waals surface area contributed by atoms with Gasteiger partial charge in [0.05, 0.1) is 12.8 Å². The predicted octanol–water partition coefficient (Wildman–Crippen LogP) is 3.43. The summed E-state index contributed by atoms with van der Waals surface area (Å²) in [4.78, 5) is 11.7. The average Bonchev–Trinajstić information content (AvgIpc) is 2.59. The second-order valence-corrected chi connectivity index (χ2v) is 5.42. The molecule has 0 atom stereocenters. The molecular weight excluding hydrogens is 308 g/mol. The maximum atomic E-state index is 11.7. The van der Waals surface area contributed by atoms with E-state index in [1.54, 1.807) is 25.3 Å². The van der Waals surface area contributed by atoms with Gasteiger partial charge in [-0.15, -0.1) is 0 Å². The van der Waals surface area contributed by atoms with E-state index in [1.165, 1.54) is 7.05 Å². The van der Waals surface area contributed by atoms with Gasteiger partial charge in [-0.3, -0.25) is 5.21 Å². The van der Waals surface area contributed by atoms with Crippen LogP contribution >= 0.6 is 0 Å². The first-order chi connectivity index (χ1) is 11.5. The monoisotopic (exact) mass is 330 g/mol. The lowest BCUT2D eigenvalue weighted by atomic mass is 10.1. The third-order valence-corrected chi connectivity index (χ3v) is 3.63. The van der Waals surface area contributed by atoms with Crippen molar-refractivity contribution in [3.05, 3.63) is 53.1 Å². The zero-order chi connectivity index (χ0) is 17.7. The van der Waals surface area contributed by atoms with Crippen molar-refractivity contribution in [1.29, 1.82) is 0 Å². The number of methoxy groups -OCH3 is 1. The SMILES string of the molecule is CNC(=O)N(O)c1ccc(OC)cc1COc1ccc(C)cc1C. The summed E-state index contributed by atoms with van der Waals surface area (Å²) in [6, 6.07) is 10.3. The Bertz CT molecular complexity index is 731. The van der Waals surface area contributed by atoms with E-state index >= 15 is 0 Å². The summed E-state index contributed by atoms with van der Waals surface area (Å²) in [6.45, 7) is 4.17. The number of benzene rings is 2. The Morgan fingerprint density at radius 2 is 1.96 bits per heavy atom. The van der Waals surface area contributed by atoms with Gasteiger partial charge in [0, 0.05) is 12.6 Å². The van der Waals surface area contributed by atoms with E-state index in [9.17, 15) is 10.0 Å². The van der Waals surface area contributed by atoms with Crippen LogP contribution in [0.2, 0.25) is 0 Å². The summed E-state index contributed by atoms with van der Waals surface area (Å²) in [6.07, 6.45) is 0. The maximum Gasteiger partial charge on any atom is 0.345 e. The molecule has 6 nitrogen and oxygen atoms in total. The third kappa shape index (κ3) is 3.97. The minimum atomic E-state index is -0.632. The highest BCUT2D eigenvalue weighted by molar-refractivity contribution is 5.90. The highest BCUT2D eigenvalue weighted by Crippen LogP contribution is 2.27. The smallest absolute Gasteiger partial charge is 0.345 e. The number of urea groups is 1. The van der Waals surface area contributed by atoms with E-state index in [-0.39, 0.29) is 6.61 Å². The lowest BCUT2D eigenvalue weighted by Crippen LogP contribution is -2.36. The van der Waals surface area contributed by atoms with Crippen molar-refractivity contribution >= 4 is 11.7 Å². The molecule has 0 fully saturated rings. The van der Waals surface area contributed by atoms with Crippen molar-refractivity contribution in [3.8, 4) is 11.5 Å². The second-order valence-electron chi connectivity index (χ2n) is 5.42. The van der Waals surface area contributed by atoms with Crippen molar-refractivity contribution in [2.45, 2.75) is 20.5 Å². The standard InChI is InChI=1S/C18H22N2O4/c1-12-5-8-17(13(2)9-12)24-11-14-10-15(23-4)6-7-16(14)20(22)18(21)19-3/h5-10,22H,11H2,1-4H3,(H,19,21). The van der Waals surface area contributed by atoms with E-state index in [1.807, 2.05) is 32.0 Å². The Kier molecular flexibility index (Phi) is 5.65. The molecule has 2 N–H and O–H groups in total. The summed E-state index contributed by atoms with van der Waals surface area (Å²) < 4.78 is 11.1. The van der Waals surface area contributed by atoms with Crippen LogP contribution in [0.1, 0.15) is 16.7 Å². The van der Waals surface area contributed by atoms with Crippen LogP contribution in [0.4, 0.5) is 10.5 Å². The summed E-state index contributed by atoms with van der Waals surface area (Å²) in [5, 5.41) is 13.0. The van der Waals surface area contributed by atoms with Crippen LogP contribution in [0, 0.1) is 13.8 Å². The van der Waals surface area contributed by atoms with E-state index in [0.29, 0.717) is 22.1 Å². The largest absolute Gasteiger partial charge is 0.497 e. The number of anilines is 1. The van der Waals surface area contributed by atoms with E-state index in [0.717, 1.165) is 16.9 Å². The summed E-state index contributed by atoms with van der Waals surface area (Å²) in [7, 11) is 3.00. The Hall–Kier alpha value is -2.73. The molecule has 0 heterocycles. The molecule has 0 saturated heterocycles. The van der Waals surface area contributed by atoms with Gasteiger partial charge in [-0.05, 0) is 43.7 Å². The van der Waals surface area contributed by atoms with Gasteiger partial charge in [0.25, 0.3) is 0 Å². The van der Waals surface area contributed by atoms with Gasteiger partial charge in [0.2, 0.25) is 0 Å². The molecule has 0 spiro atoms. The molecular formula is C18H22N2O4. The van der Waals surface area contributed by atoms with Crippen molar-refractivity contribution in [2.75, 3.05) is 19.2 Å². The number of rotatable bonds is 5. The first-order valence-corrected chi connectivity index (χ1v) is 7.54. The predicted molar refractivity (Wildman–Crippen MR) is 92.0 cm³/mol. The first kappa shape index (κ1) is 17.6. The lowest BCUT2D eigenvalue weighted by molar-refractivity contribution is 0.205. The van der Waals surface area contributed by atoms with Gasteiger partial charge >= 0.3 is 6.03 Å². The molecule has 0 aliphatic carbocycles. The van der Waals surface area contributed by atoms with Crippen molar-refractivity contribution in [1.82, 2.24) is 5.32 Å². The van der Waals surface area contributed by atoms with Crippen molar-refractivity contribution in [2.24, 2.45) is 0 Å². The average molecular weight is 330 g/mol. The van der Waals surface area contributed by atoms with Crippen molar-refractivity contribution < 1.29 is 19.5 Å². The van der Waals surface area contributed by atoms with Gasteiger partial charge in [0.15, 0.2) is 0 Å². The number of amides is 2. The molecule has 128 valence electrons.